The molecular formula is C7H12O3S. The van der Waals surface area contributed by atoms with E-state index < -0.39 is 15.1 Å². The van der Waals surface area contributed by atoms with Crippen molar-refractivity contribution >= 4 is 15.6 Å². The first-order valence-corrected chi connectivity index (χ1v) is 5.60. The lowest BCUT2D eigenvalue weighted by Crippen LogP contribution is -2.24. The lowest BCUT2D eigenvalue weighted by Gasteiger charge is -2.10. The minimum Gasteiger partial charge on any atom is -0.299 e. The van der Waals surface area contributed by atoms with Gasteiger partial charge in [0.2, 0.25) is 0 Å². The third kappa shape index (κ3) is 1.61. The number of Topliss-reactive ketones (excluding diaryl/α,β-unsaturated/α-hetero) is 1. The van der Waals surface area contributed by atoms with Crippen molar-refractivity contribution in [1.29, 1.82) is 0 Å². The normalized spacial score (nSPS) is 32.7. The second kappa shape index (κ2) is 2.59. The van der Waals surface area contributed by atoms with E-state index in [2.05, 4.69) is 0 Å². The van der Waals surface area contributed by atoms with Crippen molar-refractivity contribution in [2.75, 3.05) is 6.26 Å². The fourth-order valence-electron chi connectivity index (χ4n) is 1.55. The molecule has 1 aliphatic carbocycles. The maximum atomic E-state index is 11.0. The Morgan fingerprint density at radius 3 is 2.18 bits per heavy atom. The van der Waals surface area contributed by atoms with Gasteiger partial charge in [0.25, 0.3) is 0 Å². The fraction of sp³-hybridized carbons (Fsp3) is 0.857. The van der Waals surface area contributed by atoms with E-state index in [1.807, 2.05) is 0 Å². The summed E-state index contributed by atoms with van der Waals surface area (Å²) in [5.41, 5.74) is 0. The van der Waals surface area contributed by atoms with Crippen molar-refractivity contribution in [3.05, 3.63) is 0 Å². The lowest BCUT2D eigenvalue weighted by atomic mass is 10.1. The van der Waals surface area contributed by atoms with Crippen LogP contribution in [0.5, 0.6) is 0 Å². The summed E-state index contributed by atoms with van der Waals surface area (Å²) in [5, 5.41) is -0.421. The summed E-state index contributed by atoms with van der Waals surface area (Å²) in [5.74, 6) is -0.203. The molecule has 0 amide bonds. The average molecular weight is 176 g/mol. The largest absolute Gasteiger partial charge is 0.299 e. The number of hydrogen-bond donors (Lipinski definition) is 0. The lowest BCUT2D eigenvalue weighted by molar-refractivity contribution is -0.120. The second-order valence-electron chi connectivity index (χ2n) is 3.16. The van der Waals surface area contributed by atoms with Gasteiger partial charge in [-0.15, -0.1) is 0 Å². The highest BCUT2D eigenvalue weighted by molar-refractivity contribution is 7.91. The molecule has 0 radical (unpaired) electrons. The van der Waals surface area contributed by atoms with Gasteiger partial charge in [-0.25, -0.2) is 8.42 Å². The van der Waals surface area contributed by atoms with Crippen LogP contribution < -0.4 is 0 Å². The van der Waals surface area contributed by atoms with Crippen molar-refractivity contribution in [1.82, 2.24) is 0 Å². The zero-order chi connectivity index (χ0) is 8.65. The maximum absolute atomic E-state index is 11.0. The molecule has 0 aromatic carbocycles. The van der Waals surface area contributed by atoms with Gasteiger partial charge in [-0.1, -0.05) is 6.92 Å². The topological polar surface area (TPSA) is 51.2 Å². The SMILES string of the molecule is CC1C(=O)CCC1S(C)(=O)=O. The number of carbonyl (C=O) groups is 1. The summed E-state index contributed by atoms with van der Waals surface area (Å²) in [4.78, 5) is 11.0. The molecule has 0 spiro atoms. The summed E-state index contributed by atoms with van der Waals surface area (Å²) in [6.07, 6.45) is 2.14. The summed E-state index contributed by atoms with van der Waals surface area (Å²) in [6.45, 7) is 1.70. The Morgan fingerprint density at radius 2 is 2.00 bits per heavy atom. The fourth-order valence-corrected chi connectivity index (χ4v) is 2.99. The van der Waals surface area contributed by atoms with Crippen molar-refractivity contribution in [3.8, 4) is 0 Å². The second-order valence-corrected chi connectivity index (χ2v) is 5.43. The van der Waals surface area contributed by atoms with E-state index in [-0.39, 0.29) is 11.7 Å². The van der Waals surface area contributed by atoms with Crippen LogP contribution in [-0.2, 0) is 14.6 Å². The minimum absolute atomic E-state index is 0.0837. The van der Waals surface area contributed by atoms with Crippen LogP contribution >= 0.6 is 0 Å². The van der Waals surface area contributed by atoms with Gasteiger partial charge in [-0.2, -0.15) is 0 Å². The highest BCUT2D eigenvalue weighted by Gasteiger charge is 2.37. The Morgan fingerprint density at radius 1 is 1.45 bits per heavy atom. The Labute approximate surface area is 66.7 Å². The van der Waals surface area contributed by atoms with E-state index in [4.69, 9.17) is 0 Å². The summed E-state index contributed by atoms with van der Waals surface area (Å²) in [7, 11) is -3.01. The highest BCUT2D eigenvalue weighted by atomic mass is 32.2. The molecule has 1 fully saturated rings. The van der Waals surface area contributed by atoms with E-state index >= 15 is 0 Å². The first kappa shape index (κ1) is 8.71. The van der Waals surface area contributed by atoms with Crippen LogP contribution in [0, 0.1) is 5.92 Å². The molecule has 0 aliphatic heterocycles. The van der Waals surface area contributed by atoms with Crippen LogP contribution in [0.3, 0.4) is 0 Å². The third-order valence-corrected chi connectivity index (χ3v) is 4.03. The van der Waals surface area contributed by atoms with Gasteiger partial charge in [0.05, 0.1) is 5.25 Å². The third-order valence-electron chi connectivity index (χ3n) is 2.29. The van der Waals surface area contributed by atoms with E-state index in [0.29, 0.717) is 12.8 Å². The van der Waals surface area contributed by atoms with Gasteiger partial charge in [-0.05, 0) is 6.42 Å². The Kier molecular flexibility index (Phi) is 2.05. The van der Waals surface area contributed by atoms with Gasteiger partial charge >= 0.3 is 0 Å². The molecule has 4 heteroatoms. The first-order chi connectivity index (χ1) is 4.93. The van der Waals surface area contributed by atoms with E-state index in [1.165, 1.54) is 6.26 Å². The molecule has 64 valence electrons. The highest BCUT2D eigenvalue weighted by Crippen LogP contribution is 2.27. The molecule has 0 N–H and O–H groups in total. The van der Waals surface area contributed by atoms with Crippen LogP contribution in [0.25, 0.3) is 0 Å². The smallest absolute Gasteiger partial charge is 0.151 e. The molecule has 0 aromatic rings. The standard InChI is InChI=1S/C7H12O3S/c1-5-6(8)3-4-7(5)11(2,9)10/h5,7H,3-4H2,1-2H3. The molecule has 0 heterocycles. The summed E-state index contributed by atoms with van der Waals surface area (Å²) < 4.78 is 22.1. The molecule has 3 nitrogen and oxygen atoms in total. The van der Waals surface area contributed by atoms with Crippen molar-refractivity contribution in [2.24, 2.45) is 5.92 Å². The molecule has 2 unspecified atom stereocenters. The molecule has 1 saturated carbocycles. The van der Waals surface area contributed by atoms with Crippen LogP contribution in [0.15, 0.2) is 0 Å². The van der Waals surface area contributed by atoms with Crippen molar-refractivity contribution < 1.29 is 13.2 Å². The molecule has 1 aliphatic rings. The Bertz CT molecular complexity index is 265. The Balaban J connectivity index is 2.87. The maximum Gasteiger partial charge on any atom is 0.151 e. The van der Waals surface area contributed by atoms with Gasteiger partial charge in [0.1, 0.15) is 5.78 Å². The number of hydrogen-bond acceptors (Lipinski definition) is 3. The average Bonchev–Trinajstić information content (AvgIpc) is 2.11. The van der Waals surface area contributed by atoms with E-state index in [9.17, 15) is 13.2 Å². The van der Waals surface area contributed by atoms with Crippen molar-refractivity contribution in [2.45, 2.75) is 25.0 Å². The van der Waals surface area contributed by atoms with Gasteiger partial charge in [0, 0.05) is 18.6 Å². The van der Waals surface area contributed by atoms with Crippen LogP contribution in [0.2, 0.25) is 0 Å². The molecule has 0 aromatic heterocycles. The van der Waals surface area contributed by atoms with Gasteiger partial charge in [-0.3, -0.25) is 4.79 Å². The Hall–Kier alpha value is -0.380. The monoisotopic (exact) mass is 176 g/mol. The van der Waals surface area contributed by atoms with E-state index in [1.54, 1.807) is 6.92 Å². The molecule has 1 rings (SSSR count). The van der Waals surface area contributed by atoms with Crippen LogP contribution in [-0.4, -0.2) is 25.7 Å². The zero-order valence-corrected chi connectivity index (χ0v) is 7.52. The summed E-state index contributed by atoms with van der Waals surface area (Å²) in [6, 6.07) is 0. The first-order valence-electron chi connectivity index (χ1n) is 3.64. The number of carbonyl (C=O) groups excluding carboxylic acids is 1. The minimum atomic E-state index is -3.01. The van der Waals surface area contributed by atoms with Crippen molar-refractivity contribution in [3.63, 3.8) is 0 Å². The summed E-state index contributed by atoms with van der Waals surface area (Å²) >= 11 is 0. The van der Waals surface area contributed by atoms with E-state index in [0.717, 1.165) is 0 Å². The number of rotatable bonds is 1. The predicted octanol–water partition coefficient (Wildman–Crippen LogP) is 0.399. The van der Waals surface area contributed by atoms with Gasteiger partial charge < -0.3 is 0 Å². The predicted molar refractivity (Wildman–Crippen MR) is 42.0 cm³/mol. The molecule has 0 bridgehead atoms. The molecule has 0 saturated heterocycles. The molecule has 11 heavy (non-hydrogen) atoms. The van der Waals surface area contributed by atoms with Crippen LogP contribution in [0.1, 0.15) is 19.8 Å². The quantitative estimate of drug-likeness (QED) is 0.581. The number of ketones is 1. The zero-order valence-electron chi connectivity index (χ0n) is 6.70. The molecule has 2 atom stereocenters. The van der Waals surface area contributed by atoms with Crippen LogP contribution in [0.4, 0.5) is 0 Å². The molecular weight excluding hydrogens is 164 g/mol. The van der Waals surface area contributed by atoms with Gasteiger partial charge in [0.15, 0.2) is 9.84 Å². The number of sulfone groups is 1.